The van der Waals surface area contributed by atoms with Gasteiger partial charge in [-0.25, -0.2) is 0 Å². The van der Waals surface area contributed by atoms with Crippen molar-refractivity contribution in [1.29, 1.82) is 0 Å². The van der Waals surface area contributed by atoms with Crippen LogP contribution in [0.15, 0.2) is 34.7 Å². The zero-order valence-electron chi connectivity index (χ0n) is 10.4. The summed E-state index contributed by atoms with van der Waals surface area (Å²) in [6, 6.07) is 9.51. The first-order valence-corrected chi connectivity index (χ1v) is 5.93. The zero-order valence-corrected chi connectivity index (χ0v) is 10.4. The van der Waals surface area contributed by atoms with Crippen LogP contribution in [0.4, 0.5) is 0 Å². The molecule has 0 radical (unpaired) electrons. The quantitative estimate of drug-likeness (QED) is 0.757. The Kier molecular flexibility index (Phi) is 2.30. The molecular weight excluding hydrogens is 228 g/mol. The van der Waals surface area contributed by atoms with E-state index in [2.05, 4.69) is 19.9 Å². The highest BCUT2D eigenvalue weighted by molar-refractivity contribution is 5.73. The van der Waals surface area contributed by atoms with E-state index >= 15 is 0 Å². The lowest BCUT2D eigenvalue weighted by Crippen LogP contribution is -2.18. The third kappa shape index (κ3) is 1.63. The molecule has 2 aromatic rings. The molecule has 92 valence electrons. The molecule has 3 rings (SSSR count). The third-order valence-corrected chi connectivity index (χ3v) is 3.33. The minimum absolute atomic E-state index is 0.0605. The molecule has 0 N–H and O–H groups in total. The second-order valence-corrected chi connectivity index (χ2v) is 5.20. The summed E-state index contributed by atoms with van der Waals surface area (Å²) >= 11 is 0. The van der Waals surface area contributed by atoms with Gasteiger partial charge in [-0.15, -0.1) is 0 Å². The van der Waals surface area contributed by atoms with E-state index in [9.17, 15) is 4.79 Å². The smallest absolute Gasteiger partial charge is 0.185 e. The summed E-state index contributed by atoms with van der Waals surface area (Å²) in [5, 5.41) is 0. The first-order valence-electron chi connectivity index (χ1n) is 5.93. The molecular formula is C15H14O3. The maximum absolute atomic E-state index is 10.6. The predicted molar refractivity (Wildman–Crippen MR) is 68.1 cm³/mol. The Labute approximate surface area is 105 Å². The van der Waals surface area contributed by atoms with Crippen LogP contribution in [0.1, 0.15) is 30.0 Å². The van der Waals surface area contributed by atoms with Crippen LogP contribution in [0.25, 0.3) is 11.3 Å². The second-order valence-electron chi connectivity index (χ2n) is 5.20. The predicted octanol–water partition coefficient (Wildman–Crippen LogP) is 3.43. The van der Waals surface area contributed by atoms with Crippen molar-refractivity contribution in [2.24, 2.45) is 0 Å². The van der Waals surface area contributed by atoms with Gasteiger partial charge in [-0.1, -0.05) is 26.0 Å². The summed E-state index contributed by atoms with van der Waals surface area (Å²) in [6.45, 7) is 5.02. The molecule has 1 aromatic heterocycles. The molecule has 0 unspecified atom stereocenters. The Morgan fingerprint density at radius 1 is 1.22 bits per heavy atom. The van der Waals surface area contributed by atoms with Crippen LogP contribution in [0.3, 0.4) is 0 Å². The number of furan rings is 1. The van der Waals surface area contributed by atoms with Gasteiger partial charge in [0.05, 0.1) is 6.61 Å². The zero-order chi connectivity index (χ0) is 12.8. The Morgan fingerprint density at radius 3 is 2.78 bits per heavy atom. The molecule has 0 amide bonds. The highest BCUT2D eigenvalue weighted by Gasteiger charge is 2.31. The normalized spacial score (nSPS) is 16.1. The van der Waals surface area contributed by atoms with Gasteiger partial charge in [0.2, 0.25) is 0 Å². The van der Waals surface area contributed by atoms with Crippen LogP contribution < -0.4 is 4.74 Å². The molecule has 1 aliphatic heterocycles. The Bertz CT molecular complexity index is 608. The van der Waals surface area contributed by atoms with Crippen molar-refractivity contribution >= 4 is 6.29 Å². The van der Waals surface area contributed by atoms with Crippen LogP contribution in [0, 0.1) is 0 Å². The summed E-state index contributed by atoms with van der Waals surface area (Å²) in [5.74, 6) is 1.93. The van der Waals surface area contributed by atoms with Gasteiger partial charge in [0.1, 0.15) is 11.5 Å². The van der Waals surface area contributed by atoms with Crippen molar-refractivity contribution < 1.29 is 13.9 Å². The molecule has 0 spiro atoms. The molecule has 1 aromatic carbocycles. The van der Waals surface area contributed by atoms with Crippen molar-refractivity contribution in [2.45, 2.75) is 19.3 Å². The van der Waals surface area contributed by atoms with Crippen LogP contribution >= 0.6 is 0 Å². The van der Waals surface area contributed by atoms with Gasteiger partial charge >= 0.3 is 0 Å². The average molecular weight is 242 g/mol. The number of rotatable bonds is 2. The van der Waals surface area contributed by atoms with E-state index in [1.807, 2.05) is 12.1 Å². The van der Waals surface area contributed by atoms with Crippen LogP contribution in [0.5, 0.6) is 5.75 Å². The number of hydrogen-bond donors (Lipinski definition) is 0. The van der Waals surface area contributed by atoms with Crippen LogP contribution in [-0.4, -0.2) is 12.9 Å². The Morgan fingerprint density at radius 2 is 2.06 bits per heavy atom. The van der Waals surface area contributed by atoms with E-state index in [4.69, 9.17) is 9.15 Å². The number of carbonyl (C=O) groups excluding carboxylic acids is 1. The van der Waals surface area contributed by atoms with E-state index in [0.717, 1.165) is 11.3 Å². The first kappa shape index (κ1) is 11.1. The number of hydrogen-bond acceptors (Lipinski definition) is 3. The topological polar surface area (TPSA) is 39.4 Å². The minimum atomic E-state index is 0.0605. The van der Waals surface area contributed by atoms with Gasteiger partial charge in [0.25, 0.3) is 0 Å². The van der Waals surface area contributed by atoms with E-state index in [0.29, 0.717) is 24.4 Å². The average Bonchev–Trinajstić information content (AvgIpc) is 2.94. The highest BCUT2D eigenvalue weighted by atomic mass is 16.5. The molecule has 18 heavy (non-hydrogen) atoms. The van der Waals surface area contributed by atoms with Crippen molar-refractivity contribution in [3.63, 3.8) is 0 Å². The fourth-order valence-corrected chi connectivity index (χ4v) is 2.26. The maximum atomic E-state index is 10.6. The summed E-state index contributed by atoms with van der Waals surface area (Å²) in [4.78, 5) is 10.6. The summed E-state index contributed by atoms with van der Waals surface area (Å²) < 4.78 is 11.1. The summed E-state index contributed by atoms with van der Waals surface area (Å²) in [7, 11) is 0. The third-order valence-electron chi connectivity index (χ3n) is 3.33. The van der Waals surface area contributed by atoms with Gasteiger partial charge in [-0.2, -0.15) is 0 Å². The second kappa shape index (κ2) is 3.73. The molecule has 3 heteroatoms. The molecule has 0 saturated carbocycles. The molecule has 0 atom stereocenters. The molecule has 0 bridgehead atoms. The maximum Gasteiger partial charge on any atom is 0.185 e. The Balaban J connectivity index is 2.03. The van der Waals surface area contributed by atoms with E-state index in [-0.39, 0.29) is 5.41 Å². The van der Waals surface area contributed by atoms with Crippen LogP contribution in [-0.2, 0) is 5.41 Å². The SMILES string of the molecule is CC1(C)COc2cc(-c3ccc(C=O)o3)ccc21. The lowest BCUT2D eigenvalue weighted by atomic mass is 9.86. The largest absolute Gasteiger partial charge is 0.492 e. The van der Waals surface area contributed by atoms with Crippen molar-refractivity contribution in [3.05, 3.63) is 41.7 Å². The fourth-order valence-electron chi connectivity index (χ4n) is 2.26. The Hall–Kier alpha value is -2.03. The van der Waals surface area contributed by atoms with Crippen molar-refractivity contribution in [1.82, 2.24) is 0 Å². The number of ether oxygens (including phenoxy) is 1. The molecule has 0 aliphatic carbocycles. The molecule has 3 nitrogen and oxygen atoms in total. The van der Waals surface area contributed by atoms with Gasteiger partial charge < -0.3 is 9.15 Å². The van der Waals surface area contributed by atoms with E-state index in [1.54, 1.807) is 12.1 Å². The van der Waals surface area contributed by atoms with Crippen molar-refractivity contribution in [3.8, 4) is 17.1 Å². The van der Waals surface area contributed by atoms with Gasteiger partial charge in [-0.3, -0.25) is 4.79 Å². The summed E-state index contributed by atoms with van der Waals surface area (Å²) in [6.07, 6.45) is 0.705. The molecule has 0 fully saturated rings. The van der Waals surface area contributed by atoms with Gasteiger partial charge in [-0.05, 0) is 18.2 Å². The number of benzene rings is 1. The van der Waals surface area contributed by atoms with Crippen LogP contribution in [0.2, 0.25) is 0 Å². The molecule has 0 saturated heterocycles. The van der Waals surface area contributed by atoms with E-state index in [1.165, 1.54) is 5.56 Å². The number of carbonyl (C=O) groups is 1. The van der Waals surface area contributed by atoms with Gasteiger partial charge in [0, 0.05) is 16.5 Å². The number of aldehydes is 1. The van der Waals surface area contributed by atoms with Gasteiger partial charge in [0.15, 0.2) is 12.0 Å². The molecule has 1 aliphatic rings. The minimum Gasteiger partial charge on any atom is -0.492 e. The summed E-state index contributed by atoms with van der Waals surface area (Å²) in [5.41, 5.74) is 2.21. The lowest BCUT2D eigenvalue weighted by Gasteiger charge is -2.14. The fraction of sp³-hybridized carbons (Fsp3) is 0.267. The highest BCUT2D eigenvalue weighted by Crippen LogP contribution is 2.40. The standard InChI is InChI=1S/C15H14O3/c1-15(2)9-17-14-7-10(3-5-12(14)15)13-6-4-11(8-16)18-13/h3-8H,9H2,1-2H3. The van der Waals surface area contributed by atoms with Crippen molar-refractivity contribution in [2.75, 3.05) is 6.61 Å². The number of fused-ring (bicyclic) bond motifs is 1. The lowest BCUT2D eigenvalue weighted by molar-refractivity contribution is 0.110. The molecule has 2 heterocycles. The van der Waals surface area contributed by atoms with E-state index < -0.39 is 0 Å². The first-order chi connectivity index (χ1) is 8.60. The monoisotopic (exact) mass is 242 g/mol.